The number of nitrogens with zero attached hydrogens (tertiary/aromatic N) is 2. The Hall–Kier alpha value is -1.38. The molecular weight excluding hydrogens is 138 g/mol. The number of aryl methyl sites for hydroxylation is 1. The Balaban J connectivity index is 2.55. The highest BCUT2D eigenvalue weighted by atomic mass is 15.1. The minimum absolute atomic E-state index is 0.931. The normalized spacial score (nSPS) is 18.7. The zero-order valence-electron chi connectivity index (χ0n) is 6.12. The van der Waals surface area contributed by atoms with Crippen LogP contribution in [0.5, 0.6) is 0 Å². The monoisotopic (exact) mass is 147 g/mol. The lowest BCUT2D eigenvalue weighted by Crippen LogP contribution is -2.00. The van der Waals surface area contributed by atoms with E-state index in [1.165, 1.54) is 5.56 Å². The van der Waals surface area contributed by atoms with Gasteiger partial charge in [0.05, 0.1) is 11.4 Å². The summed E-state index contributed by atoms with van der Waals surface area (Å²) in [7, 11) is 0. The molecule has 0 saturated heterocycles. The van der Waals surface area contributed by atoms with Crippen LogP contribution >= 0.6 is 0 Å². The van der Waals surface area contributed by atoms with E-state index in [4.69, 9.17) is 5.84 Å². The lowest BCUT2D eigenvalue weighted by molar-refractivity contribution is 1.08. The Kier molecular flexibility index (Phi) is 1.35. The molecule has 1 heterocycles. The van der Waals surface area contributed by atoms with Crippen molar-refractivity contribution < 1.29 is 0 Å². The molecule has 0 radical (unpaired) electrons. The Labute approximate surface area is 64.9 Å². The molecular formula is C8H9N3. The third-order valence-corrected chi connectivity index (χ3v) is 1.95. The van der Waals surface area contributed by atoms with Crippen molar-refractivity contribution in [1.82, 2.24) is 4.98 Å². The lowest BCUT2D eigenvalue weighted by Gasteiger charge is -1.94. The van der Waals surface area contributed by atoms with Gasteiger partial charge in [-0.3, -0.25) is 4.98 Å². The zero-order valence-corrected chi connectivity index (χ0v) is 6.12. The number of hydrogen-bond donors (Lipinski definition) is 1. The van der Waals surface area contributed by atoms with Crippen molar-refractivity contribution in [3.05, 3.63) is 29.6 Å². The highest BCUT2D eigenvalue weighted by Gasteiger charge is 2.17. The summed E-state index contributed by atoms with van der Waals surface area (Å²) in [5, 5.41) is 3.68. The third kappa shape index (κ3) is 0.888. The first-order valence-electron chi connectivity index (χ1n) is 3.63. The number of rotatable bonds is 0. The van der Waals surface area contributed by atoms with Crippen LogP contribution < -0.4 is 5.84 Å². The molecule has 0 saturated carbocycles. The molecule has 2 rings (SSSR count). The van der Waals surface area contributed by atoms with Gasteiger partial charge in [-0.25, -0.2) is 0 Å². The fourth-order valence-electron chi connectivity index (χ4n) is 1.40. The van der Waals surface area contributed by atoms with Crippen LogP contribution in [0.4, 0.5) is 0 Å². The molecule has 1 aliphatic carbocycles. The summed E-state index contributed by atoms with van der Waals surface area (Å²) in [6.07, 6.45) is 3.73. The number of pyridine rings is 1. The van der Waals surface area contributed by atoms with E-state index in [2.05, 4.69) is 16.2 Å². The van der Waals surface area contributed by atoms with Crippen LogP contribution in [-0.4, -0.2) is 10.7 Å². The molecule has 3 nitrogen and oxygen atoms in total. The van der Waals surface area contributed by atoms with Crippen molar-refractivity contribution in [3.8, 4) is 0 Å². The van der Waals surface area contributed by atoms with Crippen LogP contribution in [0.3, 0.4) is 0 Å². The average Bonchev–Trinajstić information content (AvgIpc) is 2.47. The quantitative estimate of drug-likeness (QED) is 0.433. The van der Waals surface area contributed by atoms with Crippen LogP contribution in [-0.2, 0) is 6.42 Å². The molecule has 0 amide bonds. The van der Waals surface area contributed by atoms with Gasteiger partial charge in [-0.1, -0.05) is 6.07 Å². The van der Waals surface area contributed by atoms with Crippen molar-refractivity contribution >= 4 is 5.71 Å². The Bertz CT molecular complexity index is 304. The van der Waals surface area contributed by atoms with Gasteiger partial charge < -0.3 is 5.84 Å². The van der Waals surface area contributed by atoms with E-state index in [0.717, 1.165) is 24.2 Å². The molecule has 3 heteroatoms. The van der Waals surface area contributed by atoms with E-state index >= 15 is 0 Å². The molecule has 2 N–H and O–H groups in total. The first-order valence-corrected chi connectivity index (χ1v) is 3.63. The maximum absolute atomic E-state index is 5.20. The molecule has 1 aliphatic rings. The second-order valence-corrected chi connectivity index (χ2v) is 2.59. The predicted octanol–water partition coefficient (Wildman–Crippen LogP) is 0.691. The summed E-state index contributed by atoms with van der Waals surface area (Å²) in [5.74, 6) is 5.20. The SMILES string of the molecule is N/N=C1\CCc2cccnc21. The molecule has 1 aromatic rings. The second kappa shape index (κ2) is 2.34. The van der Waals surface area contributed by atoms with Crippen molar-refractivity contribution in [2.75, 3.05) is 0 Å². The highest BCUT2D eigenvalue weighted by molar-refractivity contribution is 6.02. The summed E-state index contributed by atoms with van der Waals surface area (Å²) in [4.78, 5) is 4.20. The Morgan fingerprint density at radius 2 is 2.36 bits per heavy atom. The number of fused-ring (bicyclic) bond motifs is 1. The average molecular weight is 147 g/mol. The Morgan fingerprint density at radius 3 is 3.18 bits per heavy atom. The molecule has 11 heavy (non-hydrogen) atoms. The smallest absolute Gasteiger partial charge is 0.0894 e. The number of hydrazone groups is 1. The summed E-state index contributed by atoms with van der Waals surface area (Å²) >= 11 is 0. The van der Waals surface area contributed by atoms with Gasteiger partial charge in [-0.2, -0.15) is 5.10 Å². The van der Waals surface area contributed by atoms with E-state index in [0.29, 0.717) is 0 Å². The van der Waals surface area contributed by atoms with E-state index < -0.39 is 0 Å². The van der Waals surface area contributed by atoms with Gasteiger partial charge >= 0.3 is 0 Å². The van der Waals surface area contributed by atoms with Crippen molar-refractivity contribution in [1.29, 1.82) is 0 Å². The van der Waals surface area contributed by atoms with Gasteiger partial charge in [-0.15, -0.1) is 0 Å². The fourth-order valence-corrected chi connectivity index (χ4v) is 1.40. The molecule has 1 aromatic heterocycles. The van der Waals surface area contributed by atoms with E-state index in [1.54, 1.807) is 6.20 Å². The maximum Gasteiger partial charge on any atom is 0.0894 e. The first kappa shape index (κ1) is 6.34. The summed E-state index contributed by atoms with van der Waals surface area (Å²) in [6, 6.07) is 4.01. The standard InChI is InChI=1S/C8H9N3/c9-11-7-4-3-6-2-1-5-10-8(6)7/h1-2,5H,3-4,9H2/b11-7+. The topological polar surface area (TPSA) is 51.3 Å². The largest absolute Gasteiger partial charge is 0.323 e. The molecule has 0 atom stereocenters. The fraction of sp³-hybridized carbons (Fsp3) is 0.250. The van der Waals surface area contributed by atoms with Crippen molar-refractivity contribution in [2.24, 2.45) is 10.9 Å². The van der Waals surface area contributed by atoms with Gasteiger partial charge in [0.15, 0.2) is 0 Å². The van der Waals surface area contributed by atoms with E-state index in [9.17, 15) is 0 Å². The van der Waals surface area contributed by atoms with Crippen molar-refractivity contribution in [3.63, 3.8) is 0 Å². The first-order chi connectivity index (χ1) is 5.42. The van der Waals surface area contributed by atoms with Gasteiger partial charge in [0.1, 0.15) is 0 Å². The van der Waals surface area contributed by atoms with Crippen LogP contribution in [0.15, 0.2) is 23.4 Å². The van der Waals surface area contributed by atoms with Crippen LogP contribution in [0.25, 0.3) is 0 Å². The maximum atomic E-state index is 5.20. The molecule has 0 fully saturated rings. The summed E-state index contributed by atoms with van der Waals surface area (Å²) in [5.41, 5.74) is 3.17. The molecule has 0 unspecified atom stereocenters. The number of nitrogens with two attached hydrogens (primary N) is 1. The van der Waals surface area contributed by atoms with Crippen LogP contribution in [0.1, 0.15) is 17.7 Å². The Morgan fingerprint density at radius 1 is 1.45 bits per heavy atom. The zero-order chi connectivity index (χ0) is 7.68. The van der Waals surface area contributed by atoms with Gasteiger partial charge in [0.2, 0.25) is 0 Å². The molecule has 0 aromatic carbocycles. The molecule has 0 bridgehead atoms. The lowest BCUT2D eigenvalue weighted by atomic mass is 10.2. The van der Waals surface area contributed by atoms with Crippen LogP contribution in [0, 0.1) is 0 Å². The van der Waals surface area contributed by atoms with Crippen molar-refractivity contribution in [2.45, 2.75) is 12.8 Å². The molecule has 0 spiro atoms. The summed E-state index contributed by atoms with van der Waals surface area (Å²) < 4.78 is 0. The number of aromatic nitrogens is 1. The number of hydrogen-bond acceptors (Lipinski definition) is 3. The van der Waals surface area contributed by atoms with E-state index in [-0.39, 0.29) is 0 Å². The van der Waals surface area contributed by atoms with Gasteiger partial charge in [-0.05, 0) is 24.5 Å². The minimum Gasteiger partial charge on any atom is -0.323 e. The predicted molar refractivity (Wildman–Crippen MR) is 43.3 cm³/mol. The second-order valence-electron chi connectivity index (χ2n) is 2.59. The molecule has 56 valence electrons. The van der Waals surface area contributed by atoms with Crippen LogP contribution in [0.2, 0.25) is 0 Å². The highest BCUT2D eigenvalue weighted by Crippen LogP contribution is 2.18. The summed E-state index contributed by atoms with van der Waals surface area (Å²) in [6.45, 7) is 0. The van der Waals surface area contributed by atoms with Gasteiger partial charge in [0, 0.05) is 6.20 Å². The minimum atomic E-state index is 0.931. The van der Waals surface area contributed by atoms with Gasteiger partial charge in [0.25, 0.3) is 0 Å². The van der Waals surface area contributed by atoms with E-state index in [1.807, 2.05) is 6.07 Å². The third-order valence-electron chi connectivity index (χ3n) is 1.95. The molecule has 0 aliphatic heterocycles.